The molecule has 0 atom stereocenters. The van der Waals surface area contributed by atoms with Crippen molar-refractivity contribution in [2.24, 2.45) is 0 Å². The maximum atomic E-state index is 13.5. The Bertz CT molecular complexity index is 1610. The number of carbonyl (C=O) groups excluding carboxylic acids is 1. The van der Waals surface area contributed by atoms with Crippen molar-refractivity contribution in [2.75, 3.05) is 28.0 Å². The summed E-state index contributed by atoms with van der Waals surface area (Å²) in [5, 5.41) is 4.39. The molecule has 0 bridgehead atoms. The van der Waals surface area contributed by atoms with Crippen LogP contribution in [0.3, 0.4) is 0 Å². The van der Waals surface area contributed by atoms with Gasteiger partial charge in [-0.1, -0.05) is 0 Å². The predicted molar refractivity (Wildman–Crippen MR) is 142 cm³/mol. The van der Waals surface area contributed by atoms with Gasteiger partial charge in [0.05, 0.1) is 22.6 Å². The van der Waals surface area contributed by atoms with Crippen molar-refractivity contribution >= 4 is 53.8 Å². The van der Waals surface area contributed by atoms with Crippen molar-refractivity contribution in [1.29, 1.82) is 0 Å². The predicted octanol–water partition coefficient (Wildman–Crippen LogP) is 3.93. The van der Waals surface area contributed by atoms with Crippen molar-refractivity contribution in [3.05, 3.63) is 90.2 Å². The standard InChI is InChI=1S/C24H21FN4O6S3/c1-35-20-8-12-22(13-9-20)38(33,34)29(19-6-2-17(25)3-7-19)16-23(30)27-18-4-10-21(11-5-18)37(31,32)28-24-26-14-15-36-24/h2-15H,16H2,1H3,(H,26,28)(H,27,30). The molecule has 38 heavy (non-hydrogen) atoms. The van der Waals surface area contributed by atoms with Gasteiger partial charge in [0.2, 0.25) is 5.91 Å². The topological polar surface area (TPSA) is 135 Å². The summed E-state index contributed by atoms with van der Waals surface area (Å²) in [6.45, 7) is -0.633. The van der Waals surface area contributed by atoms with Crippen LogP contribution in [0.15, 0.2) is 94.2 Å². The molecule has 1 amide bonds. The molecule has 2 N–H and O–H groups in total. The minimum atomic E-state index is -4.23. The molecule has 4 aromatic rings. The van der Waals surface area contributed by atoms with Crippen LogP contribution < -0.4 is 19.1 Å². The van der Waals surface area contributed by atoms with Crippen LogP contribution in [0.2, 0.25) is 0 Å². The maximum Gasteiger partial charge on any atom is 0.264 e. The van der Waals surface area contributed by atoms with Gasteiger partial charge in [0, 0.05) is 17.3 Å². The van der Waals surface area contributed by atoms with E-state index in [0.717, 1.165) is 27.8 Å². The fourth-order valence-electron chi connectivity index (χ4n) is 3.29. The van der Waals surface area contributed by atoms with Crippen molar-refractivity contribution in [3.63, 3.8) is 0 Å². The first-order valence-corrected chi connectivity index (χ1v) is 14.6. The number of rotatable bonds is 10. The number of anilines is 3. The average molecular weight is 577 g/mol. The molecule has 0 saturated heterocycles. The Kier molecular flexibility index (Phi) is 7.94. The molecule has 3 aromatic carbocycles. The number of ether oxygens (including phenoxy) is 1. The summed E-state index contributed by atoms with van der Waals surface area (Å²) in [4.78, 5) is 16.6. The molecule has 0 aliphatic carbocycles. The quantitative estimate of drug-likeness (QED) is 0.292. The lowest BCUT2D eigenvalue weighted by molar-refractivity contribution is -0.114. The van der Waals surface area contributed by atoms with Crippen LogP contribution in [0, 0.1) is 5.82 Å². The zero-order chi connectivity index (χ0) is 27.3. The number of nitrogens with one attached hydrogen (secondary N) is 2. The van der Waals surface area contributed by atoms with Crippen LogP contribution in [0.1, 0.15) is 0 Å². The molecule has 0 aliphatic rings. The molecule has 198 valence electrons. The number of hydrogen-bond donors (Lipinski definition) is 2. The number of methoxy groups -OCH3 is 1. The smallest absolute Gasteiger partial charge is 0.264 e. The largest absolute Gasteiger partial charge is 0.497 e. The molecule has 0 spiro atoms. The van der Waals surface area contributed by atoms with E-state index in [4.69, 9.17) is 4.74 Å². The second-order valence-corrected chi connectivity index (χ2v) is 12.1. The van der Waals surface area contributed by atoms with Crippen LogP contribution in [-0.4, -0.2) is 41.4 Å². The van der Waals surface area contributed by atoms with Crippen molar-refractivity contribution in [2.45, 2.75) is 9.79 Å². The highest BCUT2D eigenvalue weighted by Gasteiger charge is 2.27. The number of carbonyl (C=O) groups is 1. The molecule has 14 heteroatoms. The fourth-order valence-corrected chi connectivity index (χ4v) is 6.50. The van der Waals surface area contributed by atoms with E-state index in [1.54, 1.807) is 5.38 Å². The number of nitrogens with zero attached hydrogens (tertiary/aromatic N) is 2. The summed E-state index contributed by atoms with van der Waals surface area (Å²) in [5.74, 6) is -0.829. The first-order valence-electron chi connectivity index (χ1n) is 10.8. The lowest BCUT2D eigenvalue weighted by Crippen LogP contribution is -2.38. The normalized spacial score (nSPS) is 11.5. The van der Waals surface area contributed by atoms with E-state index >= 15 is 0 Å². The Morgan fingerprint density at radius 3 is 2.16 bits per heavy atom. The van der Waals surface area contributed by atoms with E-state index < -0.39 is 38.3 Å². The molecule has 0 unspecified atom stereocenters. The zero-order valence-electron chi connectivity index (χ0n) is 19.7. The van der Waals surface area contributed by atoms with E-state index in [1.807, 2.05) is 0 Å². The SMILES string of the molecule is COc1ccc(S(=O)(=O)N(CC(=O)Nc2ccc(S(=O)(=O)Nc3nccs3)cc2)c2ccc(F)cc2)cc1. The molecular formula is C24H21FN4O6S3. The van der Waals surface area contributed by atoms with Gasteiger partial charge in [-0.3, -0.25) is 13.8 Å². The number of aromatic nitrogens is 1. The van der Waals surface area contributed by atoms with Crippen LogP contribution in [0.4, 0.5) is 20.9 Å². The minimum Gasteiger partial charge on any atom is -0.497 e. The van der Waals surface area contributed by atoms with Crippen LogP contribution in [-0.2, 0) is 24.8 Å². The Morgan fingerprint density at radius 1 is 0.947 bits per heavy atom. The van der Waals surface area contributed by atoms with Gasteiger partial charge in [-0.05, 0) is 72.8 Å². The maximum absolute atomic E-state index is 13.5. The minimum absolute atomic E-state index is 0.0549. The van der Waals surface area contributed by atoms with E-state index in [-0.39, 0.29) is 26.3 Å². The summed E-state index contributed by atoms with van der Waals surface area (Å²) < 4.78 is 73.6. The Balaban J connectivity index is 1.54. The van der Waals surface area contributed by atoms with Crippen LogP contribution >= 0.6 is 11.3 Å². The molecule has 0 aliphatic heterocycles. The van der Waals surface area contributed by atoms with Gasteiger partial charge < -0.3 is 10.1 Å². The lowest BCUT2D eigenvalue weighted by Gasteiger charge is -2.24. The molecule has 1 heterocycles. The third kappa shape index (κ3) is 6.27. The number of sulfonamides is 2. The van der Waals surface area contributed by atoms with Crippen molar-refractivity contribution < 1.29 is 30.8 Å². The number of benzene rings is 3. The van der Waals surface area contributed by atoms with Gasteiger partial charge in [0.25, 0.3) is 20.0 Å². The van der Waals surface area contributed by atoms with Gasteiger partial charge >= 0.3 is 0 Å². The summed E-state index contributed by atoms with van der Waals surface area (Å²) in [6.07, 6.45) is 1.46. The summed E-state index contributed by atoms with van der Waals surface area (Å²) in [6, 6.07) is 15.6. The molecule has 0 fully saturated rings. The zero-order valence-corrected chi connectivity index (χ0v) is 22.2. The molecular weight excluding hydrogens is 555 g/mol. The van der Waals surface area contributed by atoms with Gasteiger partial charge in [-0.15, -0.1) is 11.3 Å². The van der Waals surface area contributed by atoms with Crippen molar-refractivity contribution in [3.8, 4) is 5.75 Å². The van der Waals surface area contributed by atoms with Crippen LogP contribution in [0.5, 0.6) is 5.75 Å². The number of thiazole rings is 1. The highest BCUT2D eigenvalue weighted by Crippen LogP contribution is 2.26. The van der Waals surface area contributed by atoms with Crippen LogP contribution in [0.25, 0.3) is 0 Å². The summed E-state index contributed by atoms with van der Waals surface area (Å²) in [7, 11) is -6.67. The second kappa shape index (κ2) is 11.2. The third-order valence-corrected chi connectivity index (χ3v) is 9.11. The van der Waals surface area contributed by atoms with Gasteiger partial charge in [-0.2, -0.15) is 0 Å². The molecule has 0 saturated carbocycles. The molecule has 10 nitrogen and oxygen atoms in total. The molecule has 0 radical (unpaired) electrons. The first kappa shape index (κ1) is 27.0. The molecule has 4 rings (SSSR count). The monoisotopic (exact) mass is 576 g/mol. The van der Waals surface area contributed by atoms with E-state index in [9.17, 15) is 26.0 Å². The third-order valence-electron chi connectivity index (χ3n) is 5.15. The fraction of sp³-hybridized carbons (Fsp3) is 0.0833. The molecule has 1 aromatic heterocycles. The summed E-state index contributed by atoms with van der Waals surface area (Å²) >= 11 is 1.12. The highest BCUT2D eigenvalue weighted by molar-refractivity contribution is 7.93. The highest BCUT2D eigenvalue weighted by atomic mass is 32.2. The van der Waals surface area contributed by atoms with Gasteiger partial charge in [-0.25, -0.2) is 26.2 Å². The number of halogens is 1. The Morgan fingerprint density at radius 2 is 1.58 bits per heavy atom. The Labute approximate surface area is 222 Å². The second-order valence-electron chi connectivity index (χ2n) is 7.68. The lowest BCUT2D eigenvalue weighted by atomic mass is 10.3. The first-order chi connectivity index (χ1) is 18.1. The number of amides is 1. The van der Waals surface area contributed by atoms with E-state index in [1.165, 1.54) is 74.0 Å². The van der Waals surface area contributed by atoms with Gasteiger partial charge in [0.15, 0.2) is 5.13 Å². The number of hydrogen-bond acceptors (Lipinski definition) is 8. The summed E-state index contributed by atoms with van der Waals surface area (Å²) in [5.41, 5.74) is 0.316. The Hall–Kier alpha value is -4.01. The van der Waals surface area contributed by atoms with E-state index in [0.29, 0.717) is 5.75 Å². The van der Waals surface area contributed by atoms with E-state index in [2.05, 4.69) is 15.0 Å². The van der Waals surface area contributed by atoms with Crippen molar-refractivity contribution in [1.82, 2.24) is 4.98 Å². The van der Waals surface area contributed by atoms with Gasteiger partial charge in [0.1, 0.15) is 18.1 Å². The average Bonchev–Trinajstić information content (AvgIpc) is 3.40.